The number of para-hydroxylation sites is 1. The quantitative estimate of drug-likeness (QED) is 0.318. The van der Waals surface area contributed by atoms with E-state index >= 15 is 0 Å². The van der Waals surface area contributed by atoms with Crippen LogP contribution in [0.25, 0.3) is 21.9 Å². The van der Waals surface area contributed by atoms with Gasteiger partial charge in [0, 0.05) is 32.0 Å². The highest BCUT2D eigenvalue weighted by Gasteiger charge is 2.38. The van der Waals surface area contributed by atoms with Crippen LogP contribution in [-0.2, 0) is 16.0 Å². The van der Waals surface area contributed by atoms with Gasteiger partial charge in [-0.1, -0.05) is 12.1 Å². The number of aromatic nitrogens is 4. The Morgan fingerprint density at radius 1 is 1.05 bits per heavy atom. The second-order valence-corrected chi connectivity index (χ2v) is 9.26. The Kier molecular flexibility index (Phi) is 8.35. The van der Waals surface area contributed by atoms with Crippen molar-refractivity contribution in [1.29, 1.82) is 0 Å². The number of carboxylic acids is 1. The van der Waals surface area contributed by atoms with Crippen molar-refractivity contribution in [3.63, 3.8) is 0 Å². The van der Waals surface area contributed by atoms with Crippen molar-refractivity contribution in [3.8, 4) is 0 Å². The van der Waals surface area contributed by atoms with E-state index in [1.807, 2.05) is 11.0 Å². The zero-order chi connectivity index (χ0) is 29.0. The van der Waals surface area contributed by atoms with Crippen molar-refractivity contribution in [2.24, 2.45) is 0 Å². The molecule has 4 aromatic rings. The number of imidazole rings is 1. The smallest absolute Gasteiger partial charge is 0.475 e. The van der Waals surface area contributed by atoms with E-state index in [0.29, 0.717) is 73.0 Å². The van der Waals surface area contributed by atoms with Crippen LogP contribution in [0.1, 0.15) is 37.5 Å². The van der Waals surface area contributed by atoms with Gasteiger partial charge in [-0.05, 0) is 49.6 Å². The minimum Gasteiger partial charge on any atom is -0.475 e. The van der Waals surface area contributed by atoms with Crippen LogP contribution in [0.15, 0.2) is 52.1 Å². The predicted molar refractivity (Wildman–Crippen MR) is 136 cm³/mol. The first-order valence-electron chi connectivity index (χ1n) is 12.4. The van der Waals surface area contributed by atoms with E-state index < -0.39 is 12.1 Å². The van der Waals surface area contributed by atoms with Crippen LogP contribution in [0.5, 0.6) is 0 Å². The number of aromatic amines is 2. The molecule has 0 saturated carbocycles. The molecule has 1 aliphatic heterocycles. The highest BCUT2D eigenvalue weighted by Crippen LogP contribution is 2.25. The van der Waals surface area contributed by atoms with Gasteiger partial charge in [0.1, 0.15) is 11.6 Å². The van der Waals surface area contributed by atoms with E-state index in [0.717, 1.165) is 0 Å². The maximum Gasteiger partial charge on any atom is 0.490 e. The first-order valence-corrected chi connectivity index (χ1v) is 12.4. The van der Waals surface area contributed by atoms with Crippen molar-refractivity contribution in [3.05, 3.63) is 74.9 Å². The number of hydrogen-bond donors (Lipinski definition) is 3. The summed E-state index contributed by atoms with van der Waals surface area (Å²) in [6, 6.07) is 11.4. The Morgan fingerprint density at radius 2 is 1.73 bits per heavy atom. The standard InChI is InChI=1S/C24H24FN5O3.C2HF3O2/c25-15-8-9-20-19(14-15)27-24(33)30(20)16-10-12-29(13-11-16)22(31)7-3-6-21-26-18-5-2-1-4-17(18)23(32)28-21;3-2(4,5)1(6)7/h1-2,4-5,8-9,14,16H,3,6-7,10-13H2,(H,27,33)(H,26,28,32);(H,6,7). The third-order valence-electron chi connectivity index (χ3n) is 6.57. The Bertz CT molecular complexity index is 1650. The SMILES string of the molecule is O=C(CCCc1nc2ccccc2c(=O)[nH]1)N1CCC(n2c(=O)[nH]c3cc(F)ccc32)CC1.O=C(O)C(F)(F)F. The number of aryl methyl sites for hydroxylation is 1. The van der Waals surface area contributed by atoms with Crippen molar-refractivity contribution in [2.45, 2.75) is 44.3 Å². The lowest BCUT2D eigenvalue weighted by Gasteiger charge is -2.32. The number of nitrogens with one attached hydrogen (secondary N) is 2. The molecule has 3 heterocycles. The first kappa shape index (κ1) is 28.5. The van der Waals surface area contributed by atoms with Gasteiger partial charge in [-0.25, -0.2) is 19.0 Å². The number of likely N-dealkylation sites (tertiary alicyclic amines) is 1. The van der Waals surface area contributed by atoms with Gasteiger partial charge in [-0.15, -0.1) is 0 Å². The zero-order valence-corrected chi connectivity index (χ0v) is 21.0. The number of hydrogen-bond acceptors (Lipinski definition) is 5. The molecule has 1 aliphatic rings. The lowest BCUT2D eigenvalue weighted by atomic mass is 10.0. The number of H-pyrrole nitrogens is 2. The van der Waals surface area contributed by atoms with Crippen molar-refractivity contribution >= 4 is 33.8 Å². The summed E-state index contributed by atoms with van der Waals surface area (Å²) in [7, 11) is 0. The van der Waals surface area contributed by atoms with Gasteiger partial charge >= 0.3 is 17.8 Å². The summed E-state index contributed by atoms with van der Waals surface area (Å²) in [6.07, 6.45) is -2.28. The molecule has 5 rings (SSSR count). The van der Waals surface area contributed by atoms with Crippen molar-refractivity contribution in [1.82, 2.24) is 24.4 Å². The lowest BCUT2D eigenvalue weighted by Crippen LogP contribution is -2.40. The lowest BCUT2D eigenvalue weighted by molar-refractivity contribution is -0.192. The molecule has 3 N–H and O–H groups in total. The second-order valence-electron chi connectivity index (χ2n) is 9.26. The summed E-state index contributed by atoms with van der Waals surface area (Å²) in [5, 5.41) is 7.68. The van der Waals surface area contributed by atoms with E-state index in [4.69, 9.17) is 9.90 Å². The monoisotopic (exact) mass is 563 g/mol. The van der Waals surface area contributed by atoms with Crippen LogP contribution in [0, 0.1) is 5.82 Å². The number of nitrogens with zero attached hydrogens (tertiary/aromatic N) is 3. The largest absolute Gasteiger partial charge is 0.490 e. The number of aliphatic carboxylic acids is 1. The van der Waals surface area contributed by atoms with Crippen LogP contribution in [0.2, 0.25) is 0 Å². The summed E-state index contributed by atoms with van der Waals surface area (Å²) in [4.78, 5) is 58.0. The second kappa shape index (κ2) is 11.7. The normalized spacial score (nSPS) is 14.2. The maximum atomic E-state index is 13.5. The highest BCUT2D eigenvalue weighted by atomic mass is 19.4. The Labute approximate surface area is 223 Å². The van der Waals surface area contributed by atoms with Crippen LogP contribution >= 0.6 is 0 Å². The van der Waals surface area contributed by atoms with Gasteiger partial charge < -0.3 is 20.0 Å². The summed E-state index contributed by atoms with van der Waals surface area (Å²) in [5.41, 5.74) is 1.40. The third kappa shape index (κ3) is 6.55. The number of carbonyl (C=O) groups is 2. The summed E-state index contributed by atoms with van der Waals surface area (Å²) in [6.45, 7) is 1.13. The summed E-state index contributed by atoms with van der Waals surface area (Å²) in [5.74, 6) is -2.50. The van der Waals surface area contributed by atoms with Crippen molar-refractivity contribution < 1.29 is 32.3 Å². The molecule has 0 unspecified atom stereocenters. The molecule has 0 atom stereocenters. The fraction of sp³-hybridized carbons (Fsp3) is 0.346. The number of rotatable bonds is 5. The van der Waals surface area contributed by atoms with E-state index in [1.165, 1.54) is 12.1 Å². The minimum absolute atomic E-state index is 0.0346. The number of halogens is 4. The molecule has 212 valence electrons. The Balaban J connectivity index is 0.000000470. The fourth-order valence-electron chi connectivity index (χ4n) is 4.66. The highest BCUT2D eigenvalue weighted by molar-refractivity contribution is 5.78. The molecule has 10 nitrogen and oxygen atoms in total. The predicted octanol–water partition coefficient (Wildman–Crippen LogP) is 3.52. The molecule has 0 spiro atoms. The van der Waals surface area contributed by atoms with Crippen molar-refractivity contribution in [2.75, 3.05) is 13.1 Å². The van der Waals surface area contributed by atoms with Gasteiger partial charge in [0.25, 0.3) is 5.56 Å². The first-order chi connectivity index (χ1) is 18.9. The fourth-order valence-corrected chi connectivity index (χ4v) is 4.66. The van der Waals surface area contributed by atoms with Gasteiger partial charge in [0.15, 0.2) is 0 Å². The van der Waals surface area contributed by atoms with E-state index in [1.54, 1.807) is 28.8 Å². The number of carboxylic acid groups (broad SMARTS) is 1. The molecule has 40 heavy (non-hydrogen) atoms. The van der Waals surface area contributed by atoms with Gasteiger partial charge in [-0.2, -0.15) is 13.2 Å². The molecule has 0 aliphatic carbocycles. The number of fused-ring (bicyclic) bond motifs is 2. The molecule has 14 heteroatoms. The number of amides is 1. The van der Waals surface area contributed by atoms with Gasteiger partial charge in [0.2, 0.25) is 5.91 Å². The molecular weight excluding hydrogens is 538 g/mol. The average Bonchev–Trinajstić information content (AvgIpc) is 3.23. The summed E-state index contributed by atoms with van der Waals surface area (Å²) >= 11 is 0. The van der Waals surface area contributed by atoms with E-state index in [2.05, 4.69) is 15.0 Å². The number of alkyl halides is 3. The van der Waals surface area contributed by atoms with Crippen LogP contribution in [0.3, 0.4) is 0 Å². The van der Waals surface area contributed by atoms with Gasteiger partial charge in [-0.3, -0.25) is 14.2 Å². The van der Waals surface area contributed by atoms with Crippen LogP contribution in [0.4, 0.5) is 17.6 Å². The minimum atomic E-state index is -5.08. The molecular formula is C26H25F4N5O5. The zero-order valence-electron chi connectivity index (χ0n) is 21.0. The van der Waals surface area contributed by atoms with Crippen LogP contribution in [-0.4, -0.2) is 60.7 Å². The molecule has 0 radical (unpaired) electrons. The summed E-state index contributed by atoms with van der Waals surface area (Å²) < 4.78 is 46.9. The Morgan fingerprint density at radius 3 is 2.40 bits per heavy atom. The Hall–Kier alpha value is -4.49. The molecule has 1 saturated heterocycles. The van der Waals surface area contributed by atoms with Gasteiger partial charge in [0.05, 0.1) is 21.9 Å². The molecule has 2 aromatic carbocycles. The maximum absolute atomic E-state index is 13.5. The molecule has 1 amide bonds. The van der Waals surface area contributed by atoms with E-state index in [9.17, 15) is 31.9 Å². The topological polar surface area (TPSA) is 141 Å². The average molecular weight is 564 g/mol. The molecule has 1 fully saturated rings. The molecule has 0 bridgehead atoms. The van der Waals surface area contributed by atoms with E-state index in [-0.39, 0.29) is 29.0 Å². The number of piperidine rings is 1. The number of benzene rings is 2. The molecule has 2 aromatic heterocycles. The third-order valence-corrected chi connectivity index (χ3v) is 6.57. The number of carbonyl (C=O) groups excluding carboxylic acids is 1. The van der Waals surface area contributed by atoms with Crippen LogP contribution < -0.4 is 11.2 Å².